The molecular formula is C10H17N3O. The SMILES string of the molecule is CCCOc1nc(NCC)ncc1C. The van der Waals surface area contributed by atoms with Crippen LogP contribution in [-0.4, -0.2) is 23.1 Å². The number of aryl methyl sites for hydroxylation is 1. The van der Waals surface area contributed by atoms with Crippen LogP contribution in [0.5, 0.6) is 5.88 Å². The van der Waals surface area contributed by atoms with E-state index in [1.807, 2.05) is 13.8 Å². The van der Waals surface area contributed by atoms with Crippen molar-refractivity contribution in [2.75, 3.05) is 18.5 Å². The molecule has 1 heterocycles. The fourth-order valence-corrected chi connectivity index (χ4v) is 1.01. The molecule has 14 heavy (non-hydrogen) atoms. The van der Waals surface area contributed by atoms with Gasteiger partial charge >= 0.3 is 0 Å². The zero-order chi connectivity index (χ0) is 10.4. The average molecular weight is 195 g/mol. The Morgan fingerprint density at radius 2 is 2.21 bits per heavy atom. The topological polar surface area (TPSA) is 47.0 Å². The van der Waals surface area contributed by atoms with E-state index in [1.54, 1.807) is 6.20 Å². The maximum atomic E-state index is 5.48. The zero-order valence-electron chi connectivity index (χ0n) is 9.00. The molecule has 0 unspecified atom stereocenters. The highest BCUT2D eigenvalue weighted by Gasteiger charge is 2.03. The summed E-state index contributed by atoms with van der Waals surface area (Å²) in [5.41, 5.74) is 0.972. The minimum Gasteiger partial charge on any atom is -0.477 e. The van der Waals surface area contributed by atoms with E-state index in [4.69, 9.17) is 4.74 Å². The van der Waals surface area contributed by atoms with Crippen LogP contribution in [0.4, 0.5) is 5.95 Å². The second-order valence-corrected chi connectivity index (χ2v) is 3.06. The number of nitrogens with zero attached hydrogens (tertiary/aromatic N) is 2. The molecule has 1 rings (SSSR count). The molecular weight excluding hydrogens is 178 g/mol. The van der Waals surface area contributed by atoms with E-state index < -0.39 is 0 Å². The summed E-state index contributed by atoms with van der Waals surface area (Å²) in [6, 6.07) is 0. The molecule has 0 aliphatic carbocycles. The maximum absolute atomic E-state index is 5.48. The van der Waals surface area contributed by atoms with Gasteiger partial charge in [0.15, 0.2) is 0 Å². The van der Waals surface area contributed by atoms with Crippen molar-refractivity contribution >= 4 is 5.95 Å². The normalized spacial score (nSPS) is 9.93. The first-order valence-electron chi connectivity index (χ1n) is 4.98. The van der Waals surface area contributed by atoms with Crippen LogP contribution in [0.2, 0.25) is 0 Å². The Hall–Kier alpha value is -1.32. The summed E-state index contributed by atoms with van der Waals surface area (Å²) in [5.74, 6) is 1.31. The molecule has 4 nitrogen and oxygen atoms in total. The van der Waals surface area contributed by atoms with Crippen LogP contribution in [0.15, 0.2) is 6.20 Å². The van der Waals surface area contributed by atoms with Crippen LogP contribution in [0.3, 0.4) is 0 Å². The van der Waals surface area contributed by atoms with E-state index in [0.717, 1.165) is 18.5 Å². The van der Waals surface area contributed by atoms with Crippen molar-refractivity contribution in [1.29, 1.82) is 0 Å². The summed E-state index contributed by atoms with van der Waals surface area (Å²) >= 11 is 0. The molecule has 0 bridgehead atoms. The lowest BCUT2D eigenvalue weighted by molar-refractivity contribution is 0.303. The standard InChI is InChI=1S/C10H17N3O/c1-4-6-14-9-8(3)7-12-10(13-9)11-5-2/h7H,4-6H2,1-3H3,(H,11,12,13). The molecule has 0 spiro atoms. The lowest BCUT2D eigenvalue weighted by Gasteiger charge is -2.08. The zero-order valence-corrected chi connectivity index (χ0v) is 9.00. The predicted molar refractivity (Wildman–Crippen MR) is 56.7 cm³/mol. The van der Waals surface area contributed by atoms with Gasteiger partial charge in [-0.2, -0.15) is 4.98 Å². The van der Waals surface area contributed by atoms with Crippen molar-refractivity contribution in [3.63, 3.8) is 0 Å². The second kappa shape index (κ2) is 5.42. The Kier molecular flexibility index (Phi) is 4.16. The van der Waals surface area contributed by atoms with Crippen molar-refractivity contribution in [3.8, 4) is 5.88 Å². The molecule has 0 saturated heterocycles. The van der Waals surface area contributed by atoms with Crippen LogP contribution in [0.25, 0.3) is 0 Å². The largest absolute Gasteiger partial charge is 0.477 e. The van der Waals surface area contributed by atoms with Gasteiger partial charge in [-0.1, -0.05) is 6.92 Å². The first-order chi connectivity index (χ1) is 6.77. The van der Waals surface area contributed by atoms with Crippen molar-refractivity contribution in [1.82, 2.24) is 9.97 Å². The average Bonchev–Trinajstić information content (AvgIpc) is 2.19. The van der Waals surface area contributed by atoms with E-state index in [0.29, 0.717) is 18.4 Å². The molecule has 0 fully saturated rings. The van der Waals surface area contributed by atoms with Crippen molar-refractivity contribution in [2.24, 2.45) is 0 Å². The van der Waals surface area contributed by atoms with Crippen LogP contribution >= 0.6 is 0 Å². The molecule has 0 aliphatic heterocycles. The van der Waals surface area contributed by atoms with Gasteiger partial charge in [0.2, 0.25) is 11.8 Å². The van der Waals surface area contributed by atoms with E-state index in [1.165, 1.54) is 0 Å². The summed E-state index contributed by atoms with van der Waals surface area (Å²) < 4.78 is 5.48. The fourth-order valence-electron chi connectivity index (χ4n) is 1.01. The lowest BCUT2D eigenvalue weighted by atomic mass is 10.4. The molecule has 78 valence electrons. The Labute approximate surface area is 84.7 Å². The Morgan fingerprint density at radius 3 is 2.86 bits per heavy atom. The highest BCUT2D eigenvalue weighted by atomic mass is 16.5. The minimum absolute atomic E-state index is 0.629. The van der Waals surface area contributed by atoms with E-state index >= 15 is 0 Å². The second-order valence-electron chi connectivity index (χ2n) is 3.06. The number of aromatic nitrogens is 2. The molecule has 4 heteroatoms. The minimum atomic E-state index is 0.629. The van der Waals surface area contributed by atoms with Crippen LogP contribution in [0, 0.1) is 6.92 Å². The van der Waals surface area contributed by atoms with Gasteiger partial charge in [-0.25, -0.2) is 4.98 Å². The third-order valence-corrected chi connectivity index (χ3v) is 1.70. The van der Waals surface area contributed by atoms with E-state index in [-0.39, 0.29) is 0 Å². The number of hydrogen-bond donors (Lipinski definition) is 1. The van der Waals surface area contributed by atoms with Gasteiger partial charge in [-0.15, -0.1) is 0 Å². The van der Waals surface area contributed by atoms with Crippen molar-refractivity contribution in [2.45, 2.75) is 27.2 Å². The lowest BCUT2D eigenvalue weighted by Crippen LogP contribution is -2.05. The van der Waals surface area contributed by atoms with Crippen LogP contribution in [-0.2, 0) is 0 Å². The van der Waals surface area contributed by atoms with Gasteiger partial charge in [0.05, 0.1) is 6.61 Å². The molecule has 1 N–H and O–H groups in total. The molecule has 0 amide bonds. The number of hydrogen-bond acceptors (Lipinski definition) is 4. The van der Waals surface area contributed by atoms with Gasteiger partial charge in [-0.05, 0) is 20.3 Å². The highest BCUT2D eigenvalue weighted by Crippen LogP contribution is 2.14. The Balaban J connectivity index is 2.74. The molecule has 0 aromatic carbocycles. The number of anilines is 1. The summed E-state index contributed by atoms with van der Waals surface area (Å²) in [6.07, 6.45) is 2.76. The van der Waals surface area contributed by atoms with E-state index in [2.05, 4.69) is 22.2 Å². The summed E-state index contributed by atoms with van der Waals surface area (Å²) in [5, 5.41) is 3.05. The van der Waals surface area contributed by atoms with Gasteiger partial charge in [0.25, 0.3) is 0 Å². The van der Waals surface area contributed by atoms with Gasteiger partial charge in [-0.3, -0.25) is 0 Å². The monoisotopic (exact) mass is 195 g/mol. The molecule has 0 atom stereocenters. The molecule has 0 radical (unpaired) electrons. The number of nitrogens with one attached hydrogen (secondary N) is 1. The first kappa shape index (κ1) is 10.8. The van der Waals surface area contributed by atoms with Crippen molar-refractivity contribution < 1.29 is 4.74 Å². The molecule has 0 aliphatic rings. The third-order valence-electron chi connectivity index (χ3n) is 1.70. The quantitative estimate of drug-likeness (QED) is 0.780. The highest BCUT2D eigenvalue weighted by molar-refractivity contribution is 5.32. The van der Waals surface area contributed by atoms with Gasteiger partial charge in [0.1, 0.15) is 0 Å². The molecule has 1 aromatic heterocycles. The number of rotatable bonds is 5. The molecule has 0 saturated carbocycles. The Morgan fingerprint density at radius 1 is 1.43 bits per heavy atom. The smallest absolute Gasteiger partial charge is 0.225 e. The first-order valence-corrected chi connectivity index (χ1v) is 4.98. The fraction of sp³-hybridized carbons (Fsp3) is 0.600. The third kappa shape index (κ3) is 2.87. The van der Waals surface area contributed by atoms with E-state index in [9.17, 15) is 0 Å². The predicted octanol–water partition coefficient (Wildman–Crippen LogP) is 2.01. The van der Waals surface area contributed by atoms with Gasteiger partial charge < -0.3 is 10.1 Å². The van der Waals surface area contributed by atoms with Crippen LogP contribution < -0.4 is 10.1 Å². The van der Waals surface area contributed by atoms with Crippen LogP contribution in [0.1, 0.15) is 25.8 Å². The Bertz CT molecular complexity index is 289. The molecule has 1 aromatic rings. The summed E-state index contributed by atoms with van der Waals surface area (Å²) in [7, 11) is 0. The van der Waals surface area contributed by atoms with Crippen molar-refractivity contribution in [3.05, 3.63) is 11.8 Å². The number of ether oxygens (including phenoxy) is 1. The summed E-state index contributed by atoms with van der Waals surface area (Å²) in [6.45, 7) is 7.54. The maximum Gasteiger partial charge on any atom is 0.225 e. The summed E-state index contributed by atoms with van der Waals surface area (Å²) in [4.78, 5) is 8.39. The van der Waals surface area contributed by atoms with Gasteiger partial charge in [0, 0.05) is 18.3 Å².